The highest BCUT2D eigenvalue weighted by Crippen LogP contribution is 2.32. The van der Waals surface area contributed by atoms with Gasteiger partial charge in [-0.3, -0.25) is 5.32 Å². The number of amides is 2. The van der Waals surface area contributed by atoms with Gasteiger partial charge in [0.25, 0.3) is 0 Å². The minimum atomic E-state index is -0.287. The summed E-state index contributed by atoms with van der Waals surface area (Å²) in [6.45, 7) is 3.31. The van der Waals surface area contributed by atoms with Gasteiger partial charge >= 0.3 is 6.03 Å². The molecule has 2 N–H and O–H groups in total. The number of hydrogen-bond acceptors (Lipinski definition) is 3. The summed E-state index contributed by atoms with van der Waals surface area (Å²) in [5.41, 5.74) is 3.20. The van der Waals surface area contributed by atoms with Crippen molar-refractivity contribution in [2.24, 2.45) is 4.99 Å². The van der Waals surface area contributed by atoms with E-state index in [1.54, 1.807) is 23.1 Å². The molecule has 178 valence electrons. The zero-order valence-electron chi connectivity index (χ0n) is 19.1. The zero-order chi connectivity index (χ0) is 24.8. The second-order valence-electron chi connectivity index (χ2n) is 8.06. The first-order valence-corrected chi connectivity index (χ1v) is 11.8. The van der Waals surface area contributed by atoms with Crippen molar-refractivity contribution in [2.45, 2.75) is 13.0 Å². The van der Waals surface area contributed by atoms with Crippen LogP contribution in [0.2, 0.25) is 10.0 Å². The van der Waals surface area contributed by atoms with Gasteiger partial charge in [0, 0.05) is 19.6 Å². The Labute approximate surface area is 214 Å². The van der Waals surface area contributed by atoms with Crippen LogP contribution >= 0.6 is 23.2 Å². The molecule has 1 aliphatic heterocycles. The molecule has 1 atom stereocenters. The van der Waals surface area contributed by atoms with Crippen molar-refractivity contribution in [1.82, 2.24) is 15.1 Å². The van der Waals surface area contributed by atoms with Crippen LogP contribution in [-0.4, -0.2) is 41.4 Å². The molecule has 1 unspecified atom stereocenters. The number of hydrogen-bond donors (Lipinski definition) is 2. The second kappa shape index (κ2) is 11.1. The number of anilines is 1. The van der Waals surface area contributed by atoms with Crippen LogP contribution in [0.5, 0.6) is 0 Å². The van der Waals surface area contributed by atoms with Crippen molar-refractivity contribution >= 4 is 46.6 Å². The van der Waals surface area contributed by atoms with E-state index in [4.69, 9.17) is 28.2 Å². The fourth-order valence-electron chi connectivity index (χ4n) is 4.00. The molecule has 9 heteroatoms. The van der Waals surface area contributed by atoms with Crippen LogP contribution in [0.4, 0.5) is 16.2 Å². The Hall–Kier alpha value is -3.73. The van der Waals surface area contributed by atoms with Crippen molar-refractivity contribution < 1.29 is 4.79 Å². The first kappa shape index (κ1) is 24.4. The molecule has 35 heavy (non-hydrogen) atoms. The predicted octanol–water partition coefficient (Wildman–Crippen LogP) is 5.95. The summed E-state index contributed by atoms with van der Waals surface area (Å²) in [5, 5.41) is 15.7. The SMILES string of the molecule is Cc1ccccc1N=C(NC#N)N1CCN(C(=O)Nc2cccc(Cl)c2Cl)C(c2ccccc2)C1. The lowest BCUT2D eigenvalue weighted by Gasteiger charge is -2.42. The maximum Gasteiger partial charge on any atom is 0.322 e. The van der Waals surface area contributed by atoms with Gasteiger partial charge in [-0.1, -0.05) is 77.8 Å². The highest BCUT2D eigenvalue weighted by Gasteiger charge is 2.33. The van der Waals surface area contributed by atoms with Crippen molar-refractivity contribution in [3.63, 3.8) is 0 Å². The number of halogens is 2. The third-order valence-corrected chi connectivity index (χ3v) is 6.65. The number of rotatable bonds is 3. The van der Waals surface area contributed by atoms with E-state index in [1.807, 2.05) is 72.6 Å². The highest BCUT2D eigenvalue weighted by molar-refractivity contribution is 6.43. The number of benzene rings is 3. The number of guanidine groups is 1. The second-order valence-corrected chi connectivity index (χ2v) is 8.84. The number of aliphatic imine (C=N–C) groups is 1. The third kappa shape index (κ3) is 5.68. The van der Waals surface area contributed by atoms with E-state index in [-0.39, 0.29) is 12.1 Å². The molecule has 0 aromatic heterocycles. The molecule has 0 spiro atoms. The van der Waals surface area contributed by atoms with E-state index in [9.17, 15) is 10.1 Å². The summed E-state index contributed by atoms with van der Waals surface area (Å²) in [6.07, 6.45) is 2.00. The topological polar surface area (TPSA) is 83.8 Å². The highest BCUT2D eigenvalue weighted by atomic mass is 35.5. The molecular weight excluding hydrogens is 483 g/mol. The summed E-state index contributed by atoms with van der Waals surface area (Å²) >= 11 is 12.4. The average molecular weight is 507 g/mol. The number of aryl methyl sites for hydroxylation is 1. The van der Waals surface area contributed by atoms with Crippen LogP contribution in [0.25, 0.3) is 0 Å². The Morgan fingerprint density at radius 1 is 1.03 bits per heavy atom. The summed E-state index contributed by atoms with van der Waals surface area (Å²) in [7, 11) is 0. The third-order valence-electron chi connectivity index (χ3n) is 5.83. The molecule has 1 heterocycles. The zero-order valence-corrected chi connectivity index (χ0v) is 20.6. The standard InChI is InChI=1S/C26H24Cl2N6O/c1-18-8-5-6-12-21(18)31-25(30-17-29)33-14-15-34(23(16-33)19-9-3-2-4-10-19)26(35)32-22-13-7-11-20(27)24(22)28/h2-13,23H,14-16H2,1H3,(H,30,31)(H,32,35). The molecule has 0 radical (unpaired) electrons. The van der Waals surface area contributed by atoms with E-state index in [0.717, 1.165) is 16.8 Å². The van der Waals surface area contributed by atoms with Gasteiger partial charge in [-0.25, -0.2) is 9.79 Å². The van der Waals surface area contributed by atoms with Gasteiger partial charge in [-0.2, -0.15) is 5.26 Å². The first-order chi connectivity index (χ1) is 17.0. The molecule has 0 aliphatic carbocycles. The van der Waals surface area contributed by atoms with Gasteiger partial charge in [-0.05, 0) is 36.2 Å². The van der Waals surface area contributed by atoms with Gasteiger partial charge in [0.15, 0.2) is 6.19 Å². The molecule has 3 aromatic carbocycles. The van der Waals surface area contributed by atoms with Crippen LogP contribution in [0.3, 0.4) is 0 Å². The lowest BCUT2D eigenvalue weighted by Crippen LogP contribution is -2.55. The van der Waals surface area contributed by atoms with Gasteiger partial charge in [0.05, 0.1) is 27.5 Å². The molecule has 1 fully saturated rings. The molecule has 2 amide bonds. The van der Waals surface area contributed by atoms with Crippen LogP contribution in [0.1, 0.15) is 17.2 Å². The van der Waals surface area contributed by atoms with Crippen molar-refractivity contribution in [2.75, 3.05) is 25.0 Å². The minimum absolute atomic E-state index is 0.284. The number of piperazine rings is 1. The molecule has 3 aromatic rings. The summed E-state index contributed by atoms with van der Waals surface area (Å²) < 4.78 is 0. The van der Waals surface area contributed by atoms with Crippen LogP contribution in [-0.2, 0) is 0 Å². The number of carbonyl (C=O) groups is 1. The molecule has 1 aliphatic rings. The average Bonchev–Trinajstić information content (AvgIpc) is 2.88. The largest absolute Gasteiger partial charge is 0.338 e. The molecule has 4 rings (SSSR count). The Morgan fingerprint density at radius 3 is 2.51 bits per heavy atom. The Kier molecular flexibility index (Phi) is 7.76. The lowest BCUT2D eigenvalue weighted by molar-refractivity contribution is 0.135. The normalized spacial score (nSPS) is 15.9. The number of nitriles is 1. The van der Waals surface area contributed by atoms with Gasteiger partial charge in [-0.15, -0.1) is 0 Å². The summed E-state index contributed by atoms with van der Waals surface area (Å²) in [5.74, 6) is 0.445. The van der Waals surface area contributed by atoms with Crippen LogP contribution in [0, 0.1) is 18.4 Å². The number of urea groups is 1. The smallest absolute Gasteiger partial charge is 0.322 e. The lowest BCUT2D eigenvalue weighted by atomic mass is 10.0. The molecule has 1 saturated heterocycles. The number of nitrogens with zero attached hydrogens (tertiary/aromatic N) is 4. The molecular formula is C26H24Cl2N6O. The number of carbonyl (C=O) groups excluding carboxylic acids is 1. The summed E-state index contributed by atoms with van der Waals surface area (Å²) in [6, 6.07) is 22.1. The van der Waals surface area contributed by atoms with Crippen LogP contribution < -0.4 is 10.6 Å². The van der Waals surface area contributed by atoms with Crippen molar-refractivity contribution in [3.8, 4) is 6.19 Å². The quantitative estimate of drug-likeness (QED) is 0.199. The van der Waals surface area contributed by atoms with Crippen molar-refractivity contribution in [3.05, 3.63) is 94.0 Å². The van der Waals surface area contributed by atoms with E-state index in [2.05, 4.69) is 10.6 Å². The predicted molar refractivity (Wildman–Crippen MR) is 140 cm³/mol. The van der Waals surface area contributed by atoms with E-state index >= 15 is 0 Å². The molecule has 7 nitrogen and oxygen atoms in total. The van der Waals surface area contributed by atoms with Gasteiger partial charge < -0.3 is 15.1 Å². The first-order valence-electron chi connectivity index (χ1n) is 11.1. The Balaban J connectivity index is 1.63. The minimum Gasteiger partial charge on any atom is -0.338 e. The maximum absolute atomic E-state index is 13.3. The summed E-state index contributed by atoms with van der Waals surface area (Å²) in [4.78, 5) is 21.8. The van der Waals surface area contributed by atoms with E-state index in [0.29, 0.717) is 41.3 Å². The van der Waals surface area contributed by atoms with Crippen LogP contribution in [0.15, 0.2) is 77.8 Å². The van der Waals surface area contributed by atoms with Gasteiger partial charge in [0.1, 0.15) is 0 Å². The van der Waals surface area contributed by atoms with Gasteiger partial charge in [0.2, 0.25) is 5.96 Å². The fraction of sp³-hybridized carbons (Fsp3) is 0.192. The Bertz CT molecular complexity index is 1270. The molecule has 0 saturated carbocycles. The maximum atomic E-state index is 13.3. The fourth-order valence-corrected chi connectivity index (χ4v) is 4.34. The van der Waals surface area contributed by atoms with E-state index < -0.39 is 0 Å². The number of nitrogens with one attached hydrogen (secondary N) is 2. The molecule has 0 bridgehead atoms. The monoisotopic (exact) mass is 506 g/mol. The van der Waals surface area contributed by atoms with Crippen molar-refractivity contribution in [1.29, 1.82) is 5.26 Å². The number of para-hydroxylation sites is 1. The Morgan fingerprint density at radius 2 is 1.77 bits per heavy atom. The van der Waals surface area contributed by atoms with E-state index in [1.165, 1.54) is 0 Å².